The topological polar surface area (TPSA) is 63.8 Å². The number of furan rings is 1. The molecule has 0 saturated carbocycles. The first kappa shape index (κ1) is 16.5. The molecule has 23 heavy (non-hydrogen) atoms. The van der Waals surface area contributed by atoms with Crippen molar-refractivity contribution in [1.29, 1.82) is 0 Å². The van der Waals surface area contributed by atoms with Crippen molar-refractivity contribution in [2.45, 2.75) is 19.8 Å². The zero-order valence-electron chi connectivity index (χ0n) is 13.1. The molecule has 1 heterocycles. The molecule has 2 aromatic rings. The monoisotopic (exact) mass is 312 g/mol. The summed E-state index contributed by atoms with van der Waals surface area (Å²) >= 11 is 0. The lowest BCUT2D eigenvalue weighted by Gasteiger charge is -2.05. The number of nitrogens with one attached hydrogen (secondary N) is 1. The molecule has 2 rings (SSSR count). The maximum atomic E-state index is 11.9. The molecule has 1 amide bonds. The fourth-order valence-electron chi connectivity index (χ4n) is 1.76. The maximum Gasteiger partial charge on any atom is 0.271 e. The number of unbranched alkanes of at least 4 members (excludes halogenated alkanes) is 1. The van der Waals surface area contributed by atoms with Gasteiger partial charge in [0, 0.05) is 11.8 Å². The van der Waals surface area contributed by atoms with Crippen LogP contribution in [0.2, 0.25) is 0 Å². The Morgan fingerprint density at radius 1 is 1.30 bits per heavy atom. The molecule has 0 spiro atoms. The Morgan fingerprint density at radius 3 is 2.83 bits per heavy atom. The van der Waals surface area contributed by atoms with Crippen LogP contribution in [0, 0.1) is 0 Å². The molecule has 1 aromatic heterocycles. The molecule has 0 atom stereocenters. The molecule has 0 saturated heterocycles. The summed E-state index contributed by atoms with van der Waals surface area (Å²) in [4.78, 5) is 11.9. The van der Waals surface area contributed by atoms with Crippen molar-refractivity contribution < 1.29 is 13.9 Å². The van der Waals surface area contributed by atoms with Crippen molar-refractivity contribution in [3.05, 3.63) is 60.1 Å². The van der Waals surface area contributed by atoms with Gasteiger partial charge in [0.15, 0.2) is 0 Å². The molecule has 5 heteroatoms. The van der Waals surface area contributed by atoms with Gasteiger partial charge in [0.2, 0.25) is 0 Å². The van der Waals surface area contributed by atoms with Crippen LogP contribution in [0.5, 0.6) is 5.75 Å². The first-order valence-electron chi connectivity index (χ1n) is 7.56. The molecule has 1 N–H and O–H groups in total. The van der Waals surface area contributed by atoms with Crippen LogP contribution in [0.25, 0.3) is 6.08 Å². The lowest BCUT2D eigenvalue weighted by molar-refractivity contribution is 0.0955. The molecular weight excluding hydrogens is 292 g/mol. The number of carbonyl (C=O) groups excluding carboxylic acids is 1. The Morgan fingerprint density at radius 2 is 2.13 bits per heavy atom. The highest BCUT2D eigenvalue weighted by Gasteiger charge is 2.03. The van der Waals surface area contributed by atoms with Gasteiger partial charge in [-0.1, -0.05) is 13.3 Å². The van der Waals surface area contributed by atoms with Crippen molar-refractivity contribution in [1.82, 2.24) is 5.43 Å². The predicted octanol–water partition coefficient (Wildman–Crippen LogP) is 3.89. The molecule has 0 aliphatic rings. The van der Waals surface area contributed by atoms with E-state index < -0.39 is 0 Å². The molecule has 5 nitrogen and oxygen atoms in total. The van der Waals surface area contributed by atoms with Crippen LogP contribution in [-0.2, 0) is 0 Å². The van der Waals surface area contributed by atoms with Gasteiger partial charge in [-0.05, 0) is 55.0 Å². The van der Waals surface area contributed by atoms with Crippen LogP contribution in [0.4, 0.5) is 0 Å². The lowest BCUT2D eigenvalue weighted by atomic mass is 10.2. The second kappa shape index (κ2) is 9.25. The van der Waals surface area contributed by atoms with Crippen LogP contribution in [0.3, 0.4) is 0 Å². The van der Waals surface area contributed by atoms with Crippen molar-refractivity contribution in [2.75, 3.05) is 6.61 Å². The van der Waals surface area contributed by atoms with Gasteiger partial charge < -0.3 is 9.15 Å². The molecule has 0 bridgehead atoms. The van der Waals surface area contributed by atoms with Crippen LogP contribution in [0.15, 0.2) is 58.3 Å². The van der Waals surface area contributed by atoms with Crippen LogP contribution >= 0.6 is 0 Å². The summed E-state index contributed by atoms with van der Waals surface area (Å²) in [6.45, 7) is 2.80. The third kappa shape index (κ3) is 5.82. The zero-order valence-corrected chi connectivity index (χ0v) is 13.1. The Balaban J connectivity index is 1.78. The Bertz CT molecular complexity index is 643. The number of hydrogen-bond donors (Lipinski definition) is 1. The van der Waals surface area contributed by atoms with Crippen molar-refractivity contribution in [3.63, 3.8) is 0 Å². The third-order valence-corrected chi connectivity index (χ3v) is 3.01. The van der Waals surface area contributed by atoms with Gasteiger partial charge in [-0.2, -0.15) is 5.10 Å². The van der Waals surface area contributed by atoms with Gasteiger partial charge >= 0.3 is 0 Å². The van der Waals surface area contributed by atoms with E-state index in [-0.39, 0.29) is 5.91 Å². The number of carbonyl (C=O) groups is 1. The summed E-state index contributed by atoms with van der Waals surface area (Å²) in [5.41, 5.74) is 2.99. The van der Waals surface area contributed by atoms with E-state index in [1.54, 1.807) is 48.7 Å². The Hall–Kier alpha value is -2.82. The predicted molar refractivity (Wildman–Crippen MR) is 90.5 cm³/mol. The number of nitrogens with zero attached hydrogens (tertiary/aromatic N) is 1. The van der Waals surface area contributed by atoms with Crippen molar-refractivity contribution in [3.8, 4) is 5.75 Å². The number of ether oxygens (including phenoxy) is 1. The van der Waals surface area contributed by atoms with Crippen molar-refractivity contribution in [2.24, 2.45) is 5.10 Å². The minimum atomic E-state index is -0.271. The largest absolute Gasteiger partial charge is 0.494 e. The van der Waals surface area contributed by atoms with E-state index in [0.717, 1.165) is 24.4 Å². The minimum absolute atomic E-state index is 0.271. The maximum absolute atomic E-state index is 11.9. The molecule has 0 radical (unpaired) electrons. The van der Waals surface area contributed by atoms with Gasteiger partial charge in [0.05, 0.1) is 12.9 Å². The smallest absolute Gasteiger partial charge is 0.271 e. The number of rotatable bonds is 8. The first-order chi connectivity index (χ1) is 11.3. The van der Waals surface area contributed by atoms with Gasteiger partial charge in [0.25, 0.3) is 5.91 Å². The summed E-state index contributed by atoms with van der Waals surface area (Å²) in [6, 6.07) is 10.6. The average molecular weight is 312 g/mol. The lowest BCUT2D eigenvalue weighted by Crippen LogP contribution is -2.17. The number of hydrogen-bond acceptors (Lipinski definition) is 4. The van der Waals surface area contributed by atoms with E-state index in [1.807, 2.05) is 6.07 Å². The number of amides is 1. The fraction of sp³-hybridized carbons (Fsp3) is 0.222. The Labute approximate surface area is 135 Å². The zero-order chi connectivity index (χ0) is 16.3. The number of allylic oxidation sites excluding steroid dienone is 1. The minimum Gasteiger partial charge on any atom is -0.494 e. The van der Waals surface area contributed by atoms with Crippen LogP contribution in [-0.4, -0.2) is 18.7 Å². The highest BCUT2D eigenvalue weighted by molar-refractivity contribution is 5.94. The normalized spacial score (nSPS) is 11.2. The third-order valence-electron chi connectivity index (χ3n) is 3.01. The number of hydrazone groups is 1. The van der Waals surface area contributed by atoms with E-state index in [2.05, 4.69) is 17.5 Å². The van der Waals surface area contributed by atoms with Crippen LogP contribution in [0.1, 0.15) is 35.9 Å². The second-order valence-corrected chi connectivity index (χ2v) is 4.82. The quantitative estimate of drug-likeness (QED) is 0.457. The van der Waals surface area contributed by atoms with E-state index in [1.165, 1.54) is 6.21 Å². The summed E-state index contributed by atoms with van der Waals surface area (Å²) in [5.74, 6) is 1.22. The average Bonchev–Trinajstić information content (AvgIpc) is 3.08. The SMILES string of the molecule is CCCCOc1ccc(C(=O)N/N=C/C=C/c2ccco2)cc1. The molecule has 0 fully saturated rings. The van der Waals surface area contributed by atoms with Gasteiger partial charge in [-0.15, -0.1) is 0 Å². The van der Waals surface area contributed by atoms with E-state index in [4.69, 9.17) is 9.15 Å². The molecule has 0 aliphatic heterocycles. The second-order valence-electron chi connectivity index (χ2n) is 4.82. The number of benzene rings is 1. The summed E-state index contributed by atoms with van der Waals surface area (Å²) in [5, 5.41) is 3.85. The summed E-state index contributed by atoms with van der Waals surface area (Å²) in [6.07, 6.45) is 8.62. The van der Waals surface area contributed by atoms with Crippen molar-refractivity contribution >= 4 is 18.2 Å². The van der Waals surface area contributed by atoms with E-state index >= 15 is 0 Å². The molecule has 0 unspecified atom stereocenters. The summed E-state index contributed by atoms with van der Waals surface area (Å²) < 4.78 is 10.7. The van der Waals surface area contributed by atoms with E-state index in [9.17, 15) is 4.79 Å². The van der Waals surface area contributed by atoms with Gasteiger partial charge in [-0.25, -0.2) is 5.43 Å². The highest BCUT2D eigenvalue weighted by atomic mass is 16.5. The Kier molecular flexibility index (Phi) is 6.65. The molecule has 1 aromatic carbocycles. The fourth-order valence-corrected chi connectivity index (χ4v) is 1.76. The standard InChI is InChI=1S/C18H20N2O3/c1-2-3-13-22-17-10-8-15(9-11-17)18(21)20-19-12-4-6-16-7-5-14-23-16/h4-12,14H,2-3,13H2,1H3,(H,20,21)/b6-4+,19-12+. The molecule has 120 valence electrons. The molecular formula is C18H20N2O3. The van der Waals surface area contributed by atoms with Gasteiger partial charge in [0.1, 0.15) is 11.5 Å². The highest BCUT2D eigenvalue weighted by Crippen LogP contribution is 2.12. The van der Waals surface area contributed by atoms with E-state index in [0.29, 0.717) is 12.2 Å². The summed E-state index contributed by atoms with van der Waals surface area (Å²) in [7, 11) is 0. The molecule has 0 aliphatic carbocycles. The van der Waals surface area contributed by atoms with Gasteiger partial charge in [-0.3, -0.25) is 4.79 Å². The first-order valence-corrected chi connectivity index (χ1v) is 7.56. The van der Waals surface area contributed by atoms with Crippen LogP contribution < -0.4 is 10.2 Å².